The van der Waals surface area contributed by atoms with E-state index in [0.29, 0.717) is 6.04 Å². The quantitative estimate of drug-likeness (QED) is 0.913. The van der Waals surface area contributed by atoms with Crippen molar-refractivity contribution in [3.63, 3.8) is 0 Å². The van der Waals surface area contributed by atoms with E-state index in [1.54, 1.807) is 0 Å². The van der Waals surface area contributed by atoms with E-state index in [1.807, 2.05) is 0 Å². The lowest BCUT2D eigenvalue weighted by atomic mass is 9.82. The molecule has 2 fully saturated rings. The molecule has 2 aliphatic rings. The van der Waals surface area contributed by atoms with Gasteiger partial charge in [-0.15, -0.1) is 0 Å². The van der Waals surface area contributed by atoms with Crippen LogP contribution in [0.2, 0.25) is 0 Å². The van der Waals surface area contributed by atoms with Crippen LogP contribution in [0.4, 0.5) is 0 Å². The summed E-state index contributed by atoms with van der Waals surface area (Å²) in [5.41, 5.74) is 4.35. The molecule has 21 heavy (non-hydrogen) atoms. The van der Waals surface area contributed by atoms with Crippen LogP contribution in [0.1, 0.15) is 42.4 Å². The Morgan fingerprint density at radius 3 is 2.48 bits per heavy atom. The van der Waals surface area contributed by atoms with Gasteiger partial charge in [-0.1, -0.05) is 23.8 Å². The first-order valence-corrected chi connectivity index (χ1v) is 8.53. The highest BCUT2D eigenvalue weighted by atomic mass is 15.2. The van der Waals surface area contributed by atoms with Gasteiger partial charge in [-0.05, 0) is 77.1 Å². The third-order valence-corrected chi connectivity index (χ3v) is 6.02. The largest absolute Gasteiger partial charge is 0.316 e. The summed E-state index contributed by atoms with van der Waals surface area (Å²) < 4.78 is 0. The Bertz CT molecular complexity index is 482. The first-order valence-electron chi connectivity index (χ1n) is 8.53. The second kappa shape index (κ2) is 6.10. The third-order valence-electron chi connectivity index (χ3n) is 6.02. The molecular formula is C19H30N2. The topological polar surface area (TPSA) is 15.3 Å². The van der Waals surface area contributed by atoms with Gasteiger partial charge in [0.15, 0.2) is 0 Å². The molecular weight excluding hydrogens is 256 g/mol. The molecule has 0 aliphatic carbocycles. The highest BCUT2D eigenvalue weighted by Crippen LogP contribution is 2.39. The van der Waals surface area contributed by atoms with E-state index in [2.05, 4.69) is 56.4 Å². The van der Waals surface area contributed by atoms with Crippen molar-refractivity contribution in [2.24, 2.45) is 5.92 Å². The van der Waals surface area contributed by atoms with Crippen LogP contribution in [0.15, 0.2) is 18.2 Å². The Labute approximate surface area is 129 Å². The molecule has 1 aromatic carbocycles. The number of piperidine rings is 1. The van der Waals surface area contributed by atoms with Crippen molar-refractivity contribution in [3.05, 3.63) is 34.9 Å². The summed E-state index contributed by atoms with van der Waals surface area (Å²) in [5, 5.41) is 3.63. The molecule has 0 spiro atoms. The second-order valence-corrected chi connectivity index (χ2v) is 7.31. The van der Waals surface area contributed by atoms with Crippen LogP contribution in [0, 0.1) is 19.8 Å². The number of nitrogens with zero attached hydrogens (tertiary/aromatic N) is 1. The standard InChI is InChI=1S/C19H30N2/c1-13-5-6-14(2)15(9-13)12-19(20-3)16-10-17-7-8-18(11-16)21(17)4/h5-6,9,16-20H,7-8,10-12H2,1-4H3. The monoisotopic (exact) mass is 286 g/mol. The number of fused-ring (bicyclic) bond motifs is 2. The van der Waals surface area contributed by atoms with Gasteiger partial charge in [0.1, 0.15) is 0 Å². The highest BCUT2D eigenvalue weighted by Gasteiger charge is 2.40. The van der Waals surface area contributed by atoms with Gasteiger partial charge < -0.3 is 10.2 Å². The van der Waals surface area contributed by atoms with Gasteiger partial charge in [0.2, 0.25) is 0 Å². The molecule has 2 aliphatic heterocycles. The predicted molar refractivity (Wildman–Crippen MR) is 89.8 cm³/mol. The lowest BCUT2D eigenvalue weighted by molar-refractivity contribution is 0.114. The minimum atomic E-state index is 0.627. The van der Waals surface area contributed by atoms with E-state index in [4.69, 9.17) is 0 Å². The molecule has 2 heteroatoms. The number of hydrogen-bond donors (Lipinski definition) is 1. The van der Waals surface area contributed by atoms with Gasteiger partial charge in [-0.2, -0.15) is 0 Å². The molecule has 3 rings (SSSR count). The fourth-order valence-electron chi connectivity index (χ4n) is 4.54. The van der Waals surface area contributed by atoms with E-state index in [9.17, 15) is 0 Å². The van der Waals surface area contributed by atoms with Crippen molar-refractivity contribution in [1.29, 1.82) is 0 Å². The number of nitrogens with one attached hydrogen (secondary N) is 1. The van der Waals surface area contributed by atoms with Gasteiger partial charge in [-0.3, -0.25) is 0 Å². The molecule has 0 radical (unpaired) electrons. The lowest BCUT2D eigenvalue weighted by Gasteiger charge is -2.40. The summed E-state index contributed by atoms with van der Waals surface area (Å²) in [6, 6.07) is 9.18. The van der Waals surface area contributed by atoms with Crippen LogP contribution >= 0.6 is 0 Å². The van der Waals surface area contributed by atoms with Crippen LogP contribution in [0.25, 0.3) is 0 Å². The molecule has 3 unspecified atom stereocenters. The molecule has 0 saturated carbocycles. The second-order valence-electron chi connectivity index (χ2n) is 7.31. The fraction of sp³-hybridized carbons (Fsp3) is 0.684. The summed E-state index contributed by atoms with van der Waals surface area (Å²) in [7, 11) is 4.48. The van der Waals surface area contributed by atoms with Crippen molar-refractivity contribution in [2.45, 2.75) is 64.1 Å². The molecule has 1 aromatic rings. The summed E-state index contributed by atoms with van der Waals surface area (Å²) >= 11 is 0. The smallest absolute Gasteiger partial charge is 0.0134 e. The maximum atomic E-state index is 3.63. The summed E-state index contributed by atoms with van der Waals surface area (Å²) in [5.74, 6) is 0.837. The summed E-state index contributed by atoms with van der Waals surface area (Å²) in [4.78, 5) is 2.64. The summed E-state index contributed by atoms with van der Waals surface area (Å²) in [6.45, 7) is 4.45. The van der Waals surface area contributed by atoms with E-state index < -0.39 is 0 Å². The summed E-state index contributed by atoms with van der Waals surface area (Å²) in [6.07, 6.45) is 6.76. The third kappa shape index (κ3) is 3.02. The van der Waals surface area contributed by atoms with Crippen molar-refractivity contribution >= 4 is 0 Å². The Hall–Kier alpha value is -0.860. The van der Waals surface area contributed by atoms with Crippen LogP contribution in [-0.4, -0.2) is 37.1 Å². The number of rotatable bonds is 4. The molecule has 3 atom stereocenters. The van der Waals surface area contributed by atoms with E-state index in [-0.39, 0.29) is 0 Å². The molecule has 116 valence electrons. The molecule has 2 bridgehead atoms. The predicted octanol–water partition coefficient (Wildman–Crippen LogP) is 3.31. The molecule has 0 amide bonds. The zero-order valence-electron chi connectivity index (χ0n) is 14.0. The highest BCUT2D eigenvalue weighted by molar-refractivity contribution is 5.31. The Kier molecular flexibility index (Phi) is 4.37. The first kappa shape index (κ1) is 15.1. The number of aryl methyl sites for hydroxylation is 2. The van der Waals surface area contributed by atoms with Crippen LogP contribution in [-0.2, 0) is 6.42 Å². The van der Waals surface area contributed by atoms with Crippen LogP contribution < -0.4 is 5.32 Å². The average molecular weight is 286 g/mol. The zero-order valence-corrected chi connectivity index (χ0v) is 14.0. The minimum Gasteiger partial charge on any atom is -0.316 e. The Morgan fingerprint density at radius 2 is 1.86 bits per heavy atom. The maximum Gasteiger partial charge on any atom is 0.0134 e. The number of benzene rings is 1. The molecule has 1 N–H and O–H groups in total. The van der Waals surface area contributed by atoms with Crippen molar-refractivity contribution in [3.8, 4) is 0 Å². The number of hydrogen-bond acceptors (Lipinski definition) is 2. The molecule has 0 aromatic heterocycles. The van der Waals surface area contributed by atoms with Gasteiger partial charge in [0, 0.05) is 18.1 Å². The van der Waals surface area contributed by atoms with Gasteiger partial charge in [-0.25, -0.2) is 0 Å². The first-order chi connectivity index (χ1) is 10.1. The van der Waals surface area contributed by atoms with Crippen molar-refractivity contribution in [2.75, 3.05) is 14.1 Å². The van der Waals surface area contributed by atoms with Gasteiger partial charge in [0.05, 0.1) is 0 Å². The van der Waals surface area contributed by atoms with Crippen LogP contribution in [0.3, 0.4) is 0 Å². The van der Waals surface area contributed by atoms with Crippen molar-refractivity contribution in [1.82, 2.24) is 10.2 Å². The Morgan fingerprint density at radius 1 is 1.19 bits per heavy atom. The molecule has 2 nitrogen and oxygen atoms in total. The van der Waals surface area contributed by atoms with E-state index >= 15 is 0 Å². The average Bonchev–Trinajstić information content (AvgIpc) is 2.69. The van der Waals surface area contributed by atoms with Gasteiger partial charge in [0.25, 0.3) is 0 Å². The molecule has 2 saturated heterocycles. The zero-order chi connectivity index (χ0) is 15.0. The Balaban J connectivity index is 1.72. The van der Waals surface area contributed by atoms with E-state index in [1.165, 1.54) is 48.8 Å². The van der Waals surface area contributed by atoms with E-state index in [0.717, 1.165) is 18.0 Å². The van der Waals surface area contributed by atoms with Gasteiger partial charge >= 0.3 is 0 Å². The normalized spacial score (nSPS) is 30.6. The van der Waals surface area contributed by atoms with Crippen LogP contribution in [0.5, 0.6) is 0 Å². The minimum absolute atomic E-state index is 0.627. The number of likely N-dealkylation sites (N-methyl/N-ethyl adjacent to an activating group) is 1. The SMILES string of the molecule is CNC(Cc1cc(C)ccc1C)C1CC2CCC(C1)N2C. The molecule has 2 heterocycles. The lowest BCUT2D eigenvalue weighted by Crippen LogP contribution is -2.47. The van der Waals surface area contributed by atoms with Crippen molar-refractivity contribution < 1.29 is 0 Å². The maximum absolute atomic E-state index is 3.63. The fourth-order valence-corrected chi connectivity index (χ4v) is 4.54.